The van der Waals surface area contributed by atoms with Crippen molar-refractivity contribution in [3.63, 3.8) is 0 Å². The summed E-state index contributed by atoms with van der Waals surface area (Å²) in [7, 11) is 2.08. The molecule has 0 unspecified atom stereocenters. The second-order valence-electron chi connectivity index (χ2n) is 12.8. The number of carbonyl (C=O) groups excluding carboxylic acids is 2. The van der Waals surface area contributed by atoms with Gasteiger partial charge in [0.05, 0.1) is 13.1 Å². The number of aromatic nitrogens is 4. The zero-order valence-corrected chi connectivity index (χ0v) is 30.4. The zero-order chi connectivity index (χ0) is 34.5. The summed E-state index contributed by atoms with van der Waals surface area (Å²) in [6.07, 6.45) is 4.15. The number of halogens is 2. The van der Waals surface area contributed by atoms with Gasteiger partial charge in [0.2, 0.25) is 5.91 Å². The predicted octanol–water partition coefficient (Wildman–Crippen LogP) is 9.30. The molecule has 0 spiro atoms. The van der Waals surface area contributed by atoms with Crippen molar-refractivity contribution >= 4 is 35.4 Å². The third kappa shape index (κ3) is 11.6. The minimum absolute atomic E-state index is 0.140. The van der Waals surface area contributed by atoms with Gasteiger partial charge in [-0.15, -0.1) is 0 Å². The maximum atomic E-state index is 12.7. The number of nitrogens with zero attached hydrogens (tertiary/aromatic N) is 4. The van der Waals surface area contributed by atoms with Gasteiger partial charge in [-0.05, 0) is 49.4 Å². The average Bonchev–Trinajstić information content (AvgIpc) is 3.57. The van der Waals surface area contributed by atoms with Crippen molar-refractivity contribution in [3.05, 3.63) is 70.5 Å². The molecule has 8 nitrogen and oxygen atoms in total. The second kappa shape index (κ2) is 18.8. The molecule has 0 aliphatic carbocycles. The van der Waals surface area contributed by atoms with E-state index in [0.29, 0.717) is 59.6 Å². The first-order chi connectivity index (χ1) is 22.4. The normalized spacial score (nSPS) is 11.2. The Morgan fingerprint density at radius 3 is 1.57 bits per heavy atom. The monoisotopic (exact) mass is 680 g/mol. The van der Waals surface area contributed by atoms with Crippen molar-refractivity contribution in [3.8, 4) is 33.6 Å². The average molecular weight is 682 g/mol. The molecule has 0 saturated carbocycles. The van der Waals surface area contributed by atoms with Crippen LogP contribution >= 0.6 is 23.2 Å². The van der Waals surface area contributed by atoms with Crippen LogP contribution in [0, 0.1) is 11.8 Å². The van der Waals surface area contributed by atoms with Crippen LogP contribution in [-0.2, 0) is 22.7 Å². The summed E-state index contributed by atoms with van der Waals surface area (Å²) in [5, 5.41) is 1.03. The van der Waals surface area contributed by atoms with Crippen LogP contribution in [0.15, 0.2) is 48.5 Å². The fraction of sp³-hybridized carbons (Fsp3) is 0.459. The van der Waals surface area contributed by atoms with Gasteiger partial charge in [0.15, 0.2) is 0 Å². The number of carbonyl (C=O) groups is 2. The number of benzene rings is 2. The SMILES string of the molecule is CC(C)CC=O.CCCN(C)Cc1nc(-c2ccc(-c3ccc(-c4nc(CN(CCC)C(=O)CC(C)C)[nH]c4Cl)cc3)cc2)c(Cl)[nH]1. The number of rotatable bonds is 15. The van der Waals surface area contributed by atoms with Crippen LogP contribution in [-0.4, -0.2) is 62.1 Å². The largest absolute Gasteiger partial charge is 0.335 e. The Morgan fingerprint density at radius 2 is 1.19 bits per heavy atom. The van der Waals surface area contributed by atoms with Crippen LogP contribution in [0.3, 0.4) is 0 Å². The predicted molar refractivity (Wildman–Crippen MR) is 194 cm³/mol. The lowest BCUT2D eigenvalue weighted by atomic mass is 10.0. The van der Waals surface area contributed by atoms with Crippen LogP contribution in [0.5, 0.6) is 0 Å². The Balaban J connectivity index is 0.000000913. The highest BCUT2D eigenvalue weighted by atomic mass is 35.5. The van der Waals surface area contributed by atoms with Crippen LogP contribution in [0.1, 0.15) is 78.9 Å². The topological polar surface area (TPSA) is 98.0 Å². The van der Waals surface area contributed by atoms with E-state index in [0.717, 1.165) is 66.0 Å². The van der Waals surface area contributed by atoms with E-state index in [-0.39, 0.29) is 5.91 Å². The first kappa shape index (κ1) is 38.0. The standard InChI is InChI=1S/C32H40Cl2N6O.C5H10O/c1-6-16-39(5)19-26-35-29(31(33)37-26)24-12-8-22(9-13-24)23-10-14-25(15-11-23)30-32(34)38-27(36-30)20-40(17-7-2)28(41)18-21(3)4;1-5(2)3-4-6/h8-15,21H,6-7,16-20H2,1-5H3,(H,35,37)(H,36,38);4-5H,3H2,1-2H3. The first-order valence-electron chi connectivity index (χ1n) is 16.5. The minimum atomic E-state index is 0.140. The number of nitrogens with one attached hydrogen (secondary N) is 2. The van der Waals surface area contributed by atoms with Crippen LogP contribution < -0.4 is 0 Å². The summed E-state index contributed by atoms with van der Waals surface area (Å²) >= 11 is 13.0. The first-order valence-corrected chi connectivity index (χ1v) is 17.3. The van der Waals surface area contributed by atoms with Crippen molar-refractivity contribution in [2.75, 3.05) is 20.1 Å². The fourth-order valence-corrected chi connectivity index (χ4v) is 5.62. The number of H-pyrrole nitrogens is 2. The highest BCUT2D eigenvalue weighted by Crippen LogP contribution is 2.31. The molecule has 47 heavy (non-hydrogen) atoms. The third-order valence-electron chi connectivity index (χ3n) is 7.43. The van der Waals surface area contributed by atoms with Gasteiger partial charge >= 0.3 is 0 Å². The van der Waals surface area contributed by atoms with Gasteiger partial charge in [0.1, 0.15) is 39.6 Å². The van der Waals surface area contributed by atoms with E-state index in [1.807, 2.05) is 43.0 Å². The molecule has 2 N–H and O–H groups in total. The molecule has 0 fully saturated rings. The van der Waals surface area contributed by atoms with Crippen molar-refractivity contribution in [2.24, 2.45) is 11.8 Å². The molecule has 254 valence electrons. The van der Waals surface area contributed by atoms with E-state index in [9.17, 15) is 9.59 Å². The molecular formula is C37H50Cl2N6O2. The summed E-state index contributed by atoms with van der Waals surface area (Å²) < 4.78 is 0. The third-order valence-corrected chi connectivity index (χ3v) is 7.98. The van der Waals surface area contributed by atoms with Crippen LogP contribution in [0.25, 0.3) is 33.6 Å². The molecular weight excluding hydrogens is 631 g/mol. The maximum absolute atomic E-state index is 12.7. The van der Waals surface area contributed by atoms with Gasteiger partial charge in [0, 0.05) is 30.5 Å². The second-order valence-corrected chi connectivity index (χ2v) is 13.6. The van der Waals surface area contributed by atoms with Gasteiger partial charge in [-0.25, -0.2) is 9.97 Å². The van der Waals surface area contributed by atoms with E-state index >= 15 is 0 Å². The smallest absolute Gasteiger partial charge is 0.223 e. The van der Waals surface area contributed by atoms with Crippen molar-refractivity contribution in [2.45, 2.75) is 80.3 Å². The molecule has 4 aromatic rings. The molecule has 4 rings (SSSR count). The Bertz CT molecular complexity index is 1540. The summed E-state index contributed by atoms with van der Waals surface area (Å²) in [6, 6.07) is 16.4. The number of imidazole rings is 2. The van der Waals surface area contributed by atoms with Gasteiger partial charge in [0.25, 0.3) is 0 Å². The van der Waals surface area contributed by atoms with Crippen LogP contribution in [0.2, 0.25) is 10.3 Å². The molecule has 0 saturated heterocycles. The molecule has 0 aliphatic heterocycles. The van der Waals surface area contributed by atoms with Gasteiger partial charge in [-0.2, -0.15) is 0 Å². The zero-order valence-electron chi connectivity index (χ0n) is 28.9. The van der Waals surface area contributed by atoms with Gasteiger partial charge in [-0.3, -0.25) is 9.69 Å². The summed E-state index contributed by atoms with van der Waals surface area (Å²) in [5.74, 6) is 2.53. The quantitative estimate of drug-likeness (QED) is 0.122. The van der Waals surface area contributed by atoms with Crippen molar-refractivity contribution in [1.29, 1.82) is 0 Å². The van der Waals surface area contributed by atoms with E-state index in [1.165, 1.54) is 0 Å². The highest BCUT2D eigenvalue weighted by molar-refractivity contribution is 6.32. The molecule has 0 bridgehead atoms. The number of hydrogen-bond donors (Lipinski definition) is 2. The number of hydrogen-bond acceptors (Lipinski definition) is 5. The molecule has 0 radical (unpaired) electrons. The summed E-state index contributed by atoms with van der Waals surface area (Å²) in [6.45, 7) is 15.2. The molecule has 10 heteroatoms. The van der Waals surface area contributed by atoms with E-state index in [2.05, 4.69) is 73.9 Å². The molecule has 2 aromatic heterocycles. The van der Waals surface area contributed by atoms with Gasteiger partial charge in [-0.1, -0.05) is 113 Å². The lowest BCUT2D eigenvalue weighted by molar-refractivity contribution is -0.132. The number of amides is 1. The van der Waals surface area contributed by atoms with E-state index < -0.39 is 0 Å². The Morgan fingerprint density at radius 1 is 0.745 bits per heavy atom. The Kier molecular flexibility index (Phi) is 15.2. The van der Waals surface area contributed by atoms with Gasteiger partial charge < -0.3 is 19.7 Å². The Labute approximate surface area is 290 Å². The number of aldehydes is 1. The molecule has 1 amide bonds. The Hall–Kier alpha value is -3.46. The minimum Gasteiger partial charge on any atom is -0.335 e. The highest BCUT2D eigenvalue weighted by Gasteiger charge is 2.18. The van der Waals surface area contributed by atoms with Crippen LogP contribution in [0.4, 0.5) is 0 Å². The van der Waals surface area contributed by atoms with E-state index in [4.69, 9.17) is 33.2 Å². The molecule has 0 atom stereocenters. The molecule has 2 aromatic carbocycles. The lowest BCUT2D eigenvalue weighted by Crippen LogP contribution is -2.32. The number of aromatic amines is 2. The maximum Gasteiger partial charge on any atom is 0.223 e. The summed E-state index contributed by atoms with van der Waals surface area (Å²) in [5.41, 5.74) is 5.50. The molecule has 0 aliphatic rings. The van der Waals surface area contributed by atoms with E-state index in [1.54, 1.807) is 0 Å². The molecule has 2 heterocycles. The van der Waals surface area contributed by atoms with Crippen molar-refractivity contribution in [1.82, 2.24) is 29.7 Å². The fourth-order valence-electron chi connectivity index (χ4n) is 5.10. The van der Waals surface area contributed by atoms with Crippen molar-refractivity contribution < 1.29 is 9.59 Å². The summed E-state index contributed by atoms with van der Waals surface area (Å²) in [4.78, 5) is 42.2. The lowest BCUT2D eigenvalue weighted by Gasteiger charge is -2.22.